The first-order chi connectivity index (χ1) is 12.1. The van der Waals surface area contributed by atoms with Crippen molar-refractivity contribution in [1.82, 2.24) is 9.97 Å². The van der Waals surface area contributed by atoms with Crippen molar-refractivity contribution >= 4 is 34.3 Å². The van der Waals surface area contributed by atoms with E-state index in [0.29, 0.717) is 0 Å². The van der Waals surface area contributed by atoms with Crippen molar-refractivity contribution in [3.63, 3.8) is 0 Å². The Morgan fingerprint density at radius 3 is 2.20 bits per heavy atom. The number of nitrogens with zero attached hydrogens (tertiary/aromatic N) is 2. The summed E-state index contributed by atoms with van der Waals surface area (Å²) < 4.78 is 0. The van der Waals surface area contributed by atoms with Crippen LogP contribution < -0.4 is 0 Å². The first kappa shape index (κ1) is 16.5. The van der Waals surface area contributed by atoms with Crippen molar-refractivity contribution < 1.29 is 0 Å². The first-order valence-electron chi connectivity index (χ1n) is 7.86. The third kappa shape index (κ3) is 3.38. The maximum Gasteiger partial charge on any atom is 0.135 e. The summed E-state index contributed by atoms with van der Waals surface area (Å²) in [4.78, 5) is 10.7. The third-order valence-corrected chi connectivity index (χ3v) is 6.39. The zero-order valence-electron chi connectivity index (χ0n) is 13.8. The number of aryl methyl sites for hydroxylation is 2. The lowest BCUT2D eigenvalue weighted by Gasteiger charge is -1.96. The second-order valence-electron chi connectivity index (χ2n) is 5.84. The van der Waals surface area contributed by atoms with Gasteiger partial charge in [0.15, 0.2) is 0 Å². The molecule has 0 saturated carbocycles. The number of aromatic nitrogens is 2. The molecule has 0 unspecified atom stereocenters. The van der Waals surface area contributed by atoms with Crippen molar-refractivity contribution in [3.8, 4) is 31.7 Å². The number of thiazole rings is 2. The molecule has 5 heteroatoms. The second kappa shape index (κ2) is 6.71. The Bertz CT molecular complexity index is 1010. The number of rotatable bonds is 3. The number of benzene rings is 2. The minimum absolute atomic E-state index is 0.736. The van der Waals surface area contributed by atoms with Crippen LogP contribution in [0.5, 0.6) is 0 Å². The van der Waals surface area contributed by atoms with E-state index in [1.807, 2.05) is 31.2 Å². The predicted octanol–water partition coefficient (Wildman–Crippen LogP) is 6.87. The number of hydrogen-bond donors (Lipinski definition) is 0. The van der Waals surface area contributed by atoms with Gasteiger partial charge in [0.05, 0.1) is 16.3 Å². The van der Waals surface area contributed by atoms with Crippen LogP contribution in [0.25, 0.3) is 31.7 Å². The molecule has 124 valence electrons. The molecular weight excluding hydrogens is 368 g/mol. The minimum Gasteiger partial charge on any atom is -0.241 e. The highest BCUT2D eigenvalue weighted by Crippen LogP contribution is 2.38. The molecule has 0 atom stereocenters. The van der Waals surface area contributed by atoms with Gasteiger partial charge in [0.25, 0.3) is 0 Å². The highest BCUT2D eigenvalue weighted by molar-refractivity contribution is 7.23. The summed E-state index contributed by atoms with van der Waals surface area (Å²) in [5.74, 6) is 0. The van der Waals surface area contributed by atoms with Crippen molar-refractivity contribution in [1.29, 1.82) is 0 Å². The molecule has 0 fully saturated rings. The van der Waals surface area contributed by atoms with Gasteiger partial charge in [0.2, 0.25) is 0 Å². The van der Waals surface area contributed by atoms with E-state index in [0.717, 1.165) is 42.4 Å². The van der Waals surface area contributed by atoms with Gasteiger partial charge >= 0.3 is 0 Å². The van der Waals surface area contributed by atoms with Gasteiger partial charge in [-0.25, -0.2) is 9.97 Å². The summed E-state index contributed by atoms with van der Waals surface area (Å²) in [5.41, 5.74) is 5.48. The lowest BCUT2D eigenvalue weighted by atomic mass is 10.2. The van der Waals surface area contributed by atoms with Crippen LogP contribution in [0.15, 0.2) is 53.9 Å². The summed E-state index contributed by atoms with van der Waals surface area (Å²) in [6, 6.07) is 16.3. The van der Waals surface area contributed by atoms with Crippen molar-refractivity contribution in [2.75, 3.05) is 0 Å². The lowest BCUT2D eigenvalue weighted by Crippen LogP contribution is -1.80. The van der Waals surface area contributed by atoms with Gasteiger partial charge in [-0.1, -0.05) is 53.6 Å². The van der Waals surface area contributed by atoms with Crippen LogP contribution in [0.1, 0.15) is 11.3 Å². The summed E-state index contributed by atoms with van der Waals surface area (Å²) in [7, 11) is 0. The first-order valence-corrected chi connectivity index (χ1v) is 9.94. The van der Waals surface area contributed by atoms with E-state index in [1.165, 1.54) is 5.56 Å². The molecule has 0 aliphatic carbocycles. The molecule has 0 amide bonds. The molecule has 2 aromatic heterocycles. The largest absolute Gasteiger partial charge is 0.241 e. The van der Waals surface area contributed by atoms with Gasteiger partial charge < -0.3 is 0 Å². The molecule has 0 bridgehead atoms. The summed E-state index contributed by atoms with van der Waals surface area (Å²) in [5, 5.41) is 4.87. The zero-order valence-corrected chi connectivity index (χ0v) is 16.2. The average molecular weight is 383 g/mol. The molecule has 0 radical (unpaired) electrons. The third-order valence-electron chi connectivity index (χ3n) is 3.93. The molecule has 25 heavy (non-hydrogen) atoms. The van der Waals surface area contributed by atoms with Gasteiger partial charge in [-0.3, -0.25) is 0 Å². The van der Waals surface area contributed by atoms with Gasteiger partial charge in [-0.15, -0.1) is 22.7 Å². The summed E-state index contributed by atoms with van der Waals surface area (Å²) in [6.07, 6.45) is 0. The molecule has 2 heterocycles. The van der Waals surface area contributed by atoms with Crippen molar-refractivity contribution in [2.24, 2.45) is 0 Å². The summed E-state index contributed by atoms with van der Waals surface area (Å²) >= 11 is 9.32. The van der Waals surface area contributed by atoms with Crippen LogP contribution in [-0.4, -0.2) is 9.97 Å². The monoisotopic (exact) mass is 382 g/mol. The van der Waals surface area contributed by atoms with E-state index in [4.69, 9.17) is 21.6 Å². The second-order valence-corrected chi connectivity index (χ2v) is 8.14. The van der Waals surface area contributed by atoms with Crippen molar-refractivity contribution in [2.45, 2.75) is 13.8 Å². The Labute approximate surface area is 159 Å². The number of hydrogen-bond acceptors (Lipinski definition) is 4. The molecule has 0 aliphatic heterocycles. The predicted molar refractivity (Wildman–Crippen MR) is 109 cm³/mol. The topological polar surface area (TPSA) is 25.8 Å². The van der Waals surface area contributed by atoms with Gasteiger partial charge in [0.1, 0.15) is 10.0 Å². The Morgan fingerprint density at radius 2 is 1.48 bits per heavy atom. The molecule has 2 aromatic carbocycles. The highest BCUT2D eigenvalue weighted by atomic mass is 35.5. The molecule has 0 aliphatic rings. The quantitative estimate of drug-likeness (QED) is 0.386. The Balaban J connectivity index is 1.69. The van der Waals surface area contributed by atoms with Crippen LogP contribution in [0.4, 0.5) is 0 Å². The van der Waals surface area contributed by atoms with Gasteiger partial charge in [-0.2, -0.15) is 0 Å². The molecule has 0 spiro atoms. The van der Waals surface area contributed by atoms with Crippen molar-refractivity contribution in [3.05, 3.63) is 70.2 Å². The smallest absolute Gasteiger partial charge is 0.135 e. The molecule has 0 saturated heterocycles. The molecule has 0 N–H and O–H groups in total. The van der Waals surface area contributed by atoms with E-state index in [9.17, 15) is 0 Å². The average Bonchev–Trinajstić information content (AvgIpc) is 3.23. The van der Waals surface area contributed by atoms with Crippen LogP contribution in [0.2, 0.25) is 5.02 Å². The molecular formula is C20H15ClN2S2. The SMILES string of the molecule is Cc1ccc(-c2nc(C)c(-c3nc(-c4ccc(Cl)cc4)cs3)s2)cc1. The molecule has 4 aromatic rings. The normalized spacial score (nSPS) is 11.0. The van der Waals surface area contributed by atoms with Crippen LogP contribution in [0.3, 0.4) is 0 Å². The van der Waals surface area contributed by atoms with E-state index >= 15 is 0 Å². The minimum atomic E-state index is 0.736. The lowest BCUT2D eigenvalue weighted by molar-refractivity contribution is 1.26. The maximum absolute atomic E-state index is 5.97. The van der Waals surface area contributed by atoms with E-state index in [-0.39, 0.29) is 0 Å². The van der Waals surface area contributed by atoms with Crippen LogP contribution in [-0.2, 0) is 0 Å². The maximum atomic E-state index is 5.97. The van der Waals surface area contributed by atoms with Crippen LogP contribution >= 0.6 is 34.3 Å². The summed E-state index contributed by atoms with van der Waals surface area (Å²) in [6.45, 7) is 4.14. The fraction of sp³-hybridized carbons (Fsp3) is 0.100. The van der Waals surface area contributed by atoms with E-state index in [2.05, 4.69) is 36.6 Å². The van der Waals surface area contributed by atoms with Crippen LogP contribution in [0, 0.1) is 13.8 Å². The van der Waals surface area contributed by atoms with Gasteiger partial charge in [-0.05, 0) is 26.0 Å². The Morgan fingerprint density at radius 1 is 0.800 bits per heavy atom. The Hall–Kier alpha value is -2.01. The fourth-order valence-electron chi connectivity index (χ4n) is 2.55. The molecule has 4 rings (SSSR count). The van der Waals surface area contributed by atoms with E-state index < -0.39 is 0 Å². The molecule has 2 nitrogen and oxygen atoms in total. The Kier molecular flexibility index (Phi) is 4.42. The standard InChI is InChI=1S/C20H15ClN2S2/c1-12-3-5-15(6-4-12)19-22-13(2)18(25-19)20-23-17(11-24-20)14-7-9-16(21)10-8-14/h3-11H,1-2H3. The highest BCUT2D eigenvalue weighted by Gasteiger charge is 2.15. The fourth-order valence-corrected chi connectivity index (χ4v) is 4.72. The number of halogens is 1. The zero-order chi connectivity index (χ0) is 17.4. The van der Waals surface area contributed by atoms with Gasteiger partial charge in [0, 0.05) is 21.5 Å². The van der Waals surface area contributed by atoms with E-state index in [1.54, 1.807) is 22.7 Å².